The number of rotatable bonds is 6. The Labute approximate surface area is 125 Å². The Balaban J connectivity index is 1.95. The average Bonchev–Trinajstić information content (AvgIpc) is 2.42. The highest BCUT2D eigenvalue weighted by atomic mass is 19.1. The van der Waals surface area contributed by atoms with Crippen LogP contribution in [0.3, 0.4) is 0 Å². The zero-order valence-electron chi connectivity index (χ0n) is 12.7. The van der Waals surface area contributed by atoms with Crippen molar-refractivity contribution in [3.8, 4) is 5.75 Å². The minimum absolute atomic E-state index is 0.00347. The first kappa shape index (κ1) is 15.8. The molecule has 116 valence electrons. The average molecular weight is 294 g/mol. The molecule has 0 aliphatic heterocycles. The molecule has 1 amide bonds. The van der Waals surface area contributed by atoms with E-state index in [0.29, 0.717) is 19.5 Å². The molecule has 1 aliphatic carbocycles. The van der Waals surface area contributed by atoms with E-state index in [9.17, 15) is 9.18 Å². The molecule has 2 N–H and O–H groups in total. The highest BCUT2D eigenvalue weighted by Crippen LogP contribution is 2.43. The number of methoxy groups -OCH3 is 1. The monoisotopic (exact) mass is 294 g/mol. The van der Waals surface area contributed by atoms with Gasteiger partial charge in [0, 0.05) is 20.0 Å². The van der Waals surface area contributed by atoms with Crippen LogP contribution in [0.25, 0.3) is 0 Å². The van der Waals surface area contributed by atoms with Gasteiger partial charge in [-0.1, -0.05) is 12.5 Å². The lowest BCUT2D eigenvalue weighted by Crippen LogP contribution is -2.42. The van der Waals surface area contributed by atoms with E-state index in [0.717, 1.165) is 24.8 Å². The molecular weight excluding hydrogens is 271 g/mol. The number of amides is 1. The van der Waals surface area contributed by atoms with E-state index in [1.165, 1.54) is 13.2 Å². The van der Waals surface area contributed by atoms with Gasteiger partial charge in [-0.05, 0) is 42.5 Å². The van der Waals surface area contributed by atoms with Crippen molar-refractivity contribution in [2.75, 3.05) is 20.7 Å². The zero-order chi connectivity index (χ0) is 15.5. The lowest BCUT2D eigenvalue weighted by atomic mass is 9.66. The first-order chi connectivity index (χ1) is 9.99. The molecular formula is C16H23FN2O2. The van der Waals surface area contributed by atoms with Crippen molar-refractivity contribution in [2.45, 2.75) is 32.2 Å². The van der Waals surface area contributed by atoms with Gasteiger partial charge in [-0.3, -0.25) is 4.79 Å². The third kappa shape index (κ3) is 3.53. The van der Waals surface area contributed by atoms with Crippen LogP contribution >= 0.6 is 0 Å². The second kappa shape index (κ2) is 6.43. The maximum absolute atomic E-state index is 13.6. The smallest absolute Gasteiger partial charge is 0.223 e. The highest BCUT2D eigenvalue weighted by molar-refractivity contribution is 5.76. The quantitative estimate of drug-likeness (QED) is 0.876. The van der Waals surface area contributed by atoms with E-state index in [-0.39, 0.29) is 17.1 Å². The van der Waals surface area contributed by atoms with Crippen LogP contribution in [0.1, 0.15) is 31.2 Å². The van der Waals surface area contributed by atoms with Crippen LogP contribution in [0, 0.1) is 11.2 Å². The molecule has 21 heavy (non-hydrogen) atoms. The van der Waals surface area contributed by atoms with E-state index in [1.807, 2.05) is 0 Å². The number of hydrogen-bond acceptors (Lipinski definition) is 3. The summed E-state index contributed by atoms with van der Waals surface area (Å²) in [5, 5.41) is 0. The standard InChI is InChI=1S/C16H23FN2O2/c1-19(15(20)9-16(11-18)6-3-7-16)10-12-4-5-14(21-2)13(17)8-12/h4-5,8H,3,6-7,9-11,18H2,1-2H3. The van der Waals surface area contributed by atoms with Gasteiger partial charge in [-0.25, -0.2) is 4.39 Å². The minimum atomic E-state index is -0.409. The van der Waals surface area contributed by atoms with Crippen LogP contribution < -0.4 is 10.5 Å². The topological polar surface area (TPSA) is 55.6 Å². The van der Waals surface area contributed by atoms with Gasteiger partial charge in [0.25, 0.3) is 0 Å². The largest absolute Gasteiger partial charge is 0.494 e. The fourth-order valence-corrected chi connectivity index (χ4v) is 2.76. The van der Waals surface area contributed by atoms with Crippen molar-refractivity contribution in [3.63, 3.8) is 0 Å². The molecule has 0 unspecified atom stereocenters. The fraction of sp³-hybridized carbons (Fsp3) is 0.562. The second-order valence-corrected chi connectivity index (χ2v) is 5.95. The number of nitrogens with zero attached hydrogens (tertiary/aromatic N) is 1. The summed E-state index contributed by atoms with van der Waals surface area (Å²) < 4.78 is 18.5. The fourth-order valence-electron chi connectivity index (χ4n) is 2.76. The van der Waals surface area contributed by atoms with E-state index in [2.05, 4.69) is 0 Å². The second-order valence-electron chi connectivity index (χ2n) is 5.95. The summed E-state index contributed by atoms with van der Waals surface area (Å²) in [4.78, 5) is 13.9. The molecule has 0 bridgehead atoms. The van der Waals surface area contributed by atoms with Crippen molar-refractivity contribution in [1.29, 1.82) is 0 Å². The van der Waals surface area contributed by atoms with Crippen LogP contribution in [-0.2, 0) is 11.3 Å². The molecule has 1 aromatic carbocycles. The van der Waals surface area contributed by atoms with Crippen molar-refractivity contribution in [3.05, 3.63) is 29.6 Å². The predicted molar refractivity (Wildman–Crippen MR) is 79.4 cm³/mol. The Morgan fingerprint density at radius 1 is 1.48 bits per heavy atom. The van der Waals surface area contributed by atoms with Gasteiger partial charge in [0.15, 0.2) is 11.6 Å². The summed E-state index contributed by atoms with van der Waals surface area (Å²) >= 11 is 0. The molecule has 2 rings (SSSR count). The van der Waals surface area contributed by atoms with Crippen LogP contribution in [0.2, 0.25) is 0 Å². The minimum Gasteiger partial charge on any atom is -0.494 e. The summed E-state index contributed by atoms with van der Waals surface area (Å²) in [6, 6.07) is 4.76. The first-order valence-electron chi connectivity index (χ1n) is 7.26. The van der Waals surface area contributed by atoms with E-state index in [1.54, 1.807) is 24.1 Å². The summed E-state index contributed by atoms with van der Waals surface area (Å²) in [6.07, 6.45) is 3.69. The third-order valence-corrected chi connectivity index (χ3v) is 4.44. The van der Waals surface area contributed by atoms with Gasteiger partial charge in [0.2, 0.25) is 5.91 Å². The van der Waals surface area contributed by atoms with Gasteiger partial charge in [0.1, 0.15) is 0 Å². The number of nitrogens with two attached hydrogens (primary N) is 1. The Morgan fingerprint density at radius 2 is 2.19 bits per heavy atom. The Morgan fingerprint density at radius 3 is 2.67 bits per heavy atom. The third-order valence-electron chi connectivity index (χ3n) is 4.44. The molecule has 0 saturated heterocycles. The number of hydrogen-bond donors (Lipinski definition) is 1. The Bertz CT molecular complexity index is 509. The highest BCUT2D eigenvalue weighted by Gasteiger charge is 2.38. The number of halogens is 1. The number of ether oxygens (including phenoxy) is 1. The summed E-state index contributed by atoms with van der Waals surface area (Å²) in [7, 11) is 3.17. The number of carbonyl (C=O) groups excluding carboxylic acids is 1. The Kier molecular flexibility index (Phi) is 4.83. The number of benzene rings is 1. The summed E-state index contributed by atoms with van der Waals surface area (Å²) in [6.45, 7) is 0.949. The van der Waals surface area contributed by atoms with Crippen LogP contribution in [0.5, 0.6) is 5.75 Å². The summed E-state index contributed by atoms with van der Waals surface area (Å²) in [5.41, 5.74) is 6.53. The molecule has 0 heterocycles. The van der Waals surface area contributed by atoms with Gasteiger partial charge in [0.05, 0.1) is 7.11 Å². The van der Waals surface area contributed by atoms with Crippen molar-refractivity contribution in [1.82, 2.24) is 4.90 Å². The van der Waals surface area contributed by atoms with Gasteiger partial charge in [-0.15, -0.1) is 0 Å². The lowest BCUT2D eigenvalue weighted by molar-refractivity contribution is -0.134. The molecule has 0 spiro atoms. The lowest BCUT2D eigenvalue weighted by Gasteiger charge is -2.41. The van der Waals surface area contributed by atoms with Crippen LogP contribution in [0.15, 0.2) is 18.2 Å². The SMILES string of the molecule is COc1ccc(CN(C)C(=O)CC2(CN)CCC2)cc1F. The maximum Gasteiger partial charge on any atom is 0.223 e. The van der Waals surface area contributed by atoms with Crippen LogP contribution in [-0.4, -0.2) is 31.5 Å². The Hall–Kier alpha value is -1.62. The summed E-state index contributed by atoms with van der Waals surface area (Å²) in [5.74, 6) is -0.131. The van der Waals surface area contributed by atoms with E-state index in [4.69, 9.17) is 10.5 Å². The normalized spacial score (nSPS) is 16.2. The van der Waals surface area contributed by atoms with Gasteiger partial charge >= 0.3 is 0 Å². The molecule has 1 aliphatic rings. The first-order valence-corrected chi connectivity index (χ1v) is 7.26. The predicted octanol–water partition coefficient (Wildman–Crippen LogP) is 2.31. The molecule has 5 heteroatoms. The van der Waals surface area contributed by atoms with E-state index >= 15 is 0 Å². The molecule has 4 nitrogen and oxygen atoms in total. The van der Waals surface area contributed by atoms with Crippen LogP contribution in [0.4, 0.5) is 4.39 Å². The molecule has 0 aromatic heterocycles. The molecule has 0 radical (unpaired) electrons. The van der Waals surface area contributed by atoms with Crippen molar-refractivity contribution < 1.29 is 13.9 Å². The van der Waals surface area contributed by atoms with Crippen molar-refractivity contribution in [2.24, 2.45) is 11.1 Å². The van der Waals surface area contributed by atoms with Gasteiger partial charge in [-0.2, -0.15) is 0 Å². The molecule has 1 saturated carbocycles. The maximum atomic E-state index is 13.6. The zero-order valence-corrected chi connectivity index (χ0v) is 12.7. The van der Waals surface area contributed by atoms with E-state index < -0.39 is 5.82 Å². The number of carbonyl (C=O) groups is 1. The molecule has 0 atom stereocenters. The molecule has 1 aromatic rings. The molecule has 1 fully saturated rings. The van der Waals surface area contributed by atoms with Gasteiger partial charge < -0.3 is 15.4 Å². The van der Waals surface area contributed by atoms with Crippen molar-refractivity contribution >= 4 is 5.91 Å².